The van der Waals surface area contributed by atoms with Crippen molar-refractivity contribution >= 4 is 22.9 Å². The molecule has 3 aromatic carbocycles. The molecule has 1 atom stereocenters. The third kappa shape index (κ3) is 3.11. The van der Waals surface area contributed by atoms with Gasteiger partial charge in [-0.1, -0.05) is 36.4 Å². The maximum absolute atomic E-state index is 12.4. The van der Waals surface area contributed by atoms with E-state index >= 15 is 0 Å². The molecule has 0 aromatic heterocycles. The molecule has 4 rings (SSSR count). The highest BCUT2D eigenvalue weighted by atomic mass is 16.5. The number of fused-ring (bicyclic) bond motifs is 2. The van der Waals surface area contributed by atoms with E-state index < -0.39 is 0 Å². The third-order valence-corrected chi connectivity index (χ3v) is 4.33. The highest BCUT2D eigenvalue weighted by Gasteiger charge is 2.18. The average Bonchev–Trinajstić information content (AvgIpc) is 3.00. The predicted octanol–water partition coefficient (Wildman–Crippen LogP) is 3.93. The van der Waals surface area contributed by atoms with Crippen molar-refractivity contribution in [3.63, 3.8) is 0 Å². The largest absolute Gasteiger partial charge is 0.490 e. The zero-order chi connectivity index (χ0) is 17.2. The molecule has 1 N–H and O–H groups in total. The first-order valence-electron chi connectivity index (χ1n) is 8.31. The fourth-order valence-electron chi connectivity index (χ4n) is 3.17. The van der Waals surface area contributed by atoms with Gasteiger partial charge in [0.25, 0.3) is 5.91 Å². The van der Waals surface area contributed by atoms with Crippen molar-refractivity contribution in [2.45, 2.75) is 19.4 Å². The molecule has 4 heteroatoms. The summed E-state index contributed by atoms with van der Waals surface area (Å²) in [5, 5.41) is 6.06. The Morgan fingerprint density at radius 1 is 1.16 bits per heavy atom. The van der Waals surface area contributed by atoms with Crippen molar-refractivity contribution in [3.8, 4) is 5.75 Å². The van der Waals surface area contributed by atoms with Gasteiger partial charge in [0.2, 0.25) is 0 Å². The van der Waals surface area contributed by atoms with E-state index in [2.05, 4.69) is 17.5 Å². The number of hydrazone groups is 1. The molecule has 25 heavy (non-hydrogen) atoms. The quantitative estimate of drug-likeness (QED) is 0.584. The first-order chi connectivity index (χ1) is 12.2. The predicted molar refractivity (Wildman–Crippen MR) is 99.2 cm³/mol. The molecule has 0 saturated heterocycles. The van der Waals surface area contributed by atoms with E-state index in [-0.39, 0.29) is 12.0 Å². The van der Waals surface area contributed by atoms with Gasteiger partial charge in [-0.25, -0.2) is 5.43 Å². The molecule has 0 spiro atoms. The van der Waals surface area contributed by atoms with Crippen molar-refractivity contribution in [3.05, 3.63) is 77.4 Å². The normalized spacial score (nSPS) is 16.0. The van der Waals surface area contributed by atoms with Crippen LogP contribution in [-0.4, -0.2) is 18.2 Å². The number of carbonyl (C=O) groups excluding carboxylic acids is 1. The number of nitrogens with zero attached hydrogens (tertiary/aromatic N) is 1. The Morgan fingerprint density at radius 2 is 2.00 bits per heavy atom. The highest BCUT2D eigenvalue weighted by Crippen LogP contribution is 2.28. The number of carbonyl (C=O) groups is 1. The van der Waals surface area contributed by atoms with Crippen LogP contribution in [-0.2, 0) is 6.42 Å². The van der Waals surface area contributed by atoms with E-state index in [0.717, 1.165) is 28.5 Å². The van der Waals surface area contributed by atoms with Crippen LogP contribution in [0.5, 0.6) is 5.75 Å². The van der Waals surface area contributed by atoms with Crippen molar-refractivity contribution < 1.29 is 9.53 Å². The Kier molecular flexibility index (Phi) is 3.94. The monoisotopic (exact) mass is 330 g/mol. The molecule has 4 nitrogen and oxygen atoms in total. The van der Waals surface area contributed by atoms with Crippen LogP contribution in [0.2, 0.25) is 0 Å². The van der Waals surface area contributed by atoms with Crippen LogP contribution in [0, 0.1) is 0 Å². The lowest BCUT2D eigenvalue weighted by Crippen LogP contribution is -2.17. The maximum Gasteiger partial charge on any atom is 0.271 e. The number of ether oxygens (including phenoxy) is 1. The van der Waals surface area contributed by atoms with Gasteiger partial charge in [0.05, 0.1) is 6.21 Å². The van der Waals surface area contributed by atoms with Crippen molar-refractivity contribution in [1.82, 2.24) is 5.43 Å². The van der Waals surface area contributed by atoms with Crippen molar-refractivity contribution in [1.29, 1.82) is 0 Å². The van der Waals surface area contributed by atoms with E-state index in [1.165, 1.54) is 5.56 Å². The molecule has 1 heterocycles. The fourth-order valence-corrected chi connectivity index (χ4v) is 3.17. The number of benzene rings is 3. The topological polar surface area (TPSA) is 50.7 Å². The second-order valence-corrected chi connectivity index (χ2v) is 6.23. The smallest absolute Gasteiger partial charge is 0.271 e. The molecular formula is C21H18N2O2. The Labute approximate surface area is 146 Å². The lowest BCUT2D eigenvalue weighted by Gasteiger charge is -2.05. The Balaban J connectivity index is 1.50. The molecule has 3 aromatic rings. The number of amides is 1. The molecular weight excluding hydrogens is 312 g/mol. The fraction of sp³-hybridized carbons (Fsp3) is 0.143. The first-order valence-corrected chi connectivity index (χ1v) is 8.31. The van der Waals surface area contributed by atoms with Gasteiger partial charge in [-0.3, -0.25) is 4.79 Å². The van der Waals surface area contributed by atoms with Gasteiger partial charge in [-0.05, 0) is 53.1 Å². The number of nitrogens with one attached hydrogen (secondary N) is 1. The Morgan fingerprint density at radius 3 is 2.92 bits per heavy atom. The SMILES string of the molecule is C[C@@H]1Cc2cc(/C=N/NC(=O)c3cccc4ccccc34)ccc2O1. The summed E-state index contributed by atoms with van der Waals surface area (Å²) in [7, 11) is 0. The minimum absolute atomic E-state index is 0.216. The molecule has 124 valence electrons. The molecule has 0 saturated carbocycles. The molecule has 0 aliphatic carbocycles. The van der Waals surface area contributed by atoms with Crippen LogP contribution in [0.25, 0.3) is 10.8 Å². The average molecular weight is 330 g/mol. The van der Waals surface area contributed by atoms with Crippen LogP contribution < -0.4 is 10.2 Å². The third-order valence-electron chi connectivity index (χ3n) is 4.33. The van der Waals surface area contributed by atoms with Crippen LogP contribution in [0.15, 0.2) is 65.8 Å². The summed E-state index contributed by atoms with van der Waals surface area (Å²) >= 11 is 0. The van der Waals surface area contributed by atoms with Gasteiger partial charge in [-0.15, -0.1) is 0 Å². The molecule has 0 radical (unpaired) electrons. The summed E-state index contributed by atoms with van der Waals surface area (Å²) in [4.78, 5) is 12.4. The van der Waals surface area contributed by atoms with Crippen LogP contribution in [0.3, 0.4) is 0 Å². The Bertz CT molecular complexity index is 973. The standard InChI is InChI=1S/C21H18N2O2/c1-14-11-17-12-15(9-10-20(17)25-14)13-22-23-21(24)19-8-4-6-16-5-2-3-7-18(16)19/h2-10,12-14H,11H2,1H3,(H,23,24)/b22-13+/t14-/m1/s1. The Hall–Kier alpha value is -3.14. The van der Waals surface area contributed by atoms with E-state index in [9.17, 15) is 4.79 Å². The van der Waals surface area contributed by atoms with Crippen LogP contribution >= 0.6 is 0 Å². The number of hydrogen-bond donors (Lipinski definition) is 1. The van der Waals surface area contributed by atoms with Crippen molar-refractivity contribution in [2.75, 3.05) is 0 Å². The van der Waals surface area contributed by atoms with Gasteiger partial charge >= 0.3 is 0 Å². The minimum atomic E-state index is -0.217. The molecule has 0 unspecified atom stereocenters. The van der Waals surface area contributed by atoms with E-state index in [1.807, 2.05) is 54.6 Å². The van der Waals surface area contributed by atoms with Gasteiger partial charge in [-0.2, -0.15) is 5.10 Å². The van der Waals surface area contributed by atoms with Gasteiger partial charge < -0.3 is 4.74 Å². The lowest BCUT2D eigenvalue weighted by molar-refractivity contribution is 0.0957. The second kappa shape index (κ2) is 6.40. The molecule has 1 aliphatic rings. The zero-order valence-corrected chi connectivity index (χ0v) is 13.9. The molecule has 1 aliphatic heterocycles. The zero-order valence-electron chi connectivity index (χ0n) is 13.9. The van der Waals surface area contributed by atoms with E-state index in [4.69, 9.17) is 4.74 Å². The van der Waals surface area contributed by atoms with Gasteiger partial charge in [0.15, 0.2) is 0 Å². The summed E-state index contributed by atoms with van der Waals surface area (Å²) in [6.07, 6.45) is 2.78. The number of rotatable bonds is 3. The summed E-state index contributed by atoms with van der Waals surface area (Å²) in [6.45, 7) is 2.05. The first kappa shape index (κ1) is 15.4. The van der Waals surface area contributed by atoms with Crippen molar-refractivity contribution in [2.24, 2.45) is 5.10 Å². The molecule has 0 bridgehead atoms. The van der Waals surface area contributed by atoms with E-state index in [1.54, 1.807) is 12.3 Å². The summed E-state index contributed by atoms with van der Waals surface area (Å²) < 4.78 is 5.69. The molecule has 0 fully saturated rings. The lowest BCUT2D eigenvalue weighted by atomic mass is 10.0. The highest BCUT2D eigenvalue weighted by molar-refractivity contribution is 6.07. The van der Waals surface area contributed by atoms with E-state index in [0.29, 0.717) is 5.56 Å². The summed E-state index contributed by atoms with van der Waals surface area (Å²) in [5.74, 6) is 0.718. The minimum Gasteiger partial charge on any atom is -0.490 e. The van der Waals surface area contributed by atoms with Crippen LogP contribution in [0.1, 0.15) is 28.4 Å². The second-order valence-electron chi connectivity index (χ2n) is 6.23. The number of hydrogen-bond acceptors (Lipinski definition) is 3. The van der Waals surface area contributed by atoms with Gasteiger partial charge in [0, 0.05) is 12.0 Å². The molecule has 1 amide bonds. The van der Waals surface area contributed by atoms with Crippen LogP contribution in [0.4, 0.5) is 0 Å². The van der Waals surface area contributed by atoms with Gasteiger partial charge in [0.1, 0.15) is 11.9 Å². The maximum atomic E-state index is 12.4. The summed E-state index contributed by atoms with van der Waals surface area (Å²) in [5.41, 5.74) is 5.35. The summed E-state index contributed by atoms with van der Waals surface area (Å²) in [6, 6.07) is 19.4.